The van der Waals surface area contributed by atoms with Crippen molar-refractivity contribution in [1.29, 1.82) is 0 Å². The monoisotopic (exact) mass is 542 g/mol. The molecule has 0 amide bonds. The molecule has 0 radical (unpaired) electrons. The minimum absolute atomic E-state index is 0.0197. The predicted octanol–water partition coefficient (Wildman–Crippen LogP) is 4.38. The second-order valence-electron chi connectivity index (χ2n) is 15.0. The Balaban J connectivity index is 1.64. The van der Waals surface area contributed by atoms with E-state index in [2.05, 4.69) is 20.8 Å². The summed E-state index contributed by atoms with van der Waals surface area (Å²) in [6, 6.07) is 0. The van der Waals surface area contributed by atoms with Crippen LogP contribution in [0.1, 0.15) is 99.8 Å². The van der Waals surface area contributed by atoms with E-state index in [9.17, 15) is 34.8 Å². The van der Waals surface area contributed by atoms with Crippen LogP contribution in [0.15, 0.2) is 22.8 Å². The summed E-state index contributed by atoms with van der Waals surface area (Å²) in [4.78, 5) is 38.7. The van der Waals surface area contributed by atoms with Crippen LogP contribution in [0.3, 0.4) is 0 Å². The van der Waals surface area contributed by atoms with Gasteiger partial charge in [0.15, 0.2) is 5.78 Å². The highest BCUT2D eigenvalue weighted by Gasteiger charge is 2.78. The van der Waals surface area contributed by atoms with Gasteiger partial charge in [0.2, 0.25) is 0 Å². The van der Waals surface area contributed by atoms with Crippen LogP contribution in [0.5, 0.6) is 0 Å². The molecule has 0 unspecified atom stereocenters. The Kier molecular flexibility index (Phi) is 6.15. The molecular formula is C32H46O7. The summed E-state index contributed by atoms with van der Waals surface area (Å²) in [6.45, 7) is 13.6. The van der Waals surface area contributed by atoms with Crippen molar-refractivity contribution in [2.24, 2.45) is 39.4 Å². The lowest BCUT2D eigenvalue weighted by molar-refractivity contribution is -0.177. The Morgan fingerprint density at radius 2 is 1.69 bits per heavy atom. The molecule has 5 rings (SSSR count). The molecule has 0 aromatic heterocycles. The molecule has 3 fully saturated rings. The largest absolute Gasteiger partial charge is 0.478 e. The lowest BCUT2D eigenvalue weighted by Gasteiger charge is -2.67. The zero-order valence-corrected chi connectivity index (χ0v) is 24.6. The van der Waals surface area contributed by atoms with E-state index in [1.807, 2.05) is 20.8 Å². The van der Waals surface area contributed by atoms with Crippen LogP contribution in [0, 0.1) is 39.4 Å². The number of aliphatic carboxylic acids is 1. The zero-order chi connectivity index (χ0) is 29.1. The number of Topliss-reactive ketones (excluding diaryl/α,β-unsaturated/α-hetero) is 2. The standard InChI is InChI=1S/C32H46O7/c1-17(12-19(33)13-18(2)26(36)37)20-14-32(39)11-10-31(38)16-22-27(3,4)23(35)8-9-28(22,5)24-21(34)15-29(20,6)30(32,7)25(24)31/h13,17,19-20,22,33,38-39H,8-12,14-16H2,1-7H3,(H,36,37)/b18-13+/t17-,19+,20-,22-,28+,29-,30+,31-,32+/m1/s1. The van der Waals surface area contributed by atoms with Crippen molar-refractivity contribution < 1.29 is 34.8 Å². The van der Waals surface area contributed by atoms with Gasteiger partial charge in [-0.25, -0.2) is 4.79 Å². The fourth-order valence-corrected chi connectivity index (χ4v) is 10.5. The second kappa shape index (κ2) is 8.36. The van der Waals surface area contributed by atoms with Crippen molar-refractivity contribution in [3.8, 4) is 0 Å². The normalized spacial score (nSPS) is 46.5. The summed E-state index contributed by atoms with van der Waals surface area (Å²) in [5.41, 5.74) is -3.58. The molecule has 5 aliphatic carbocycles. The number of carboxylic acids is 1. The van der Waals surface area contributed by atoms with Crippen LogP contribution in [-0.4, -0.2) is 55.3 Å². The topological polar surface area (TPSA) is 132 Å². The molecule has 7 heteroatoms. The van der Waals surface area contributed by atoms with Crippen molar-refractivity contribution in [1.82, 2.24) is 0 Å². The maximum Gasteiger partial charge on any atom is 0.331 e. The Bertz CT molecular complexity index is 1210. The van der Waals surface area contributed by atoms with Crippen LogP contribution >= 0.6 is 0 Å². The summed E-state index contributed by atoms with van der Waals surface area (Å²) in [6.07, 6.45) is 3.57. The molecule has 216 valence electrons. The van der Waals surface area contributed by atoms with Gasteiger partial charge in [0.05, 0.1) is 17.3 Å². The molecule has 3 saturated carbocycles. The number of allylic oxidation sites excluding steroid dienone is 1. The van der Waals surface area contributed by atoms with Gasteiger partial charge in [-0.15, -0.1) is 0 Å². The van der Waals surface area contributed by atoms with E-state index >= 15 is 0 Å². The number of fused-ring (bicyclic) bond motifs is 2. The van der Waals surface area contributed by atoms with Gasteiger partial charge in [0, 0.05) is 40.2 Å². The van der Waals surface area contributed by atoms with Crippen molar-refractivity contribution >= 4 is 17.5 Å². The van der Waals surface area contributed by atoms with E-state index in [4.69, 9.17) is 0 Å². The molecule has 0 aliphatic heterocycles. The minimum Gasteiger partial charge on any atom is -0.478 e. The van der Waals surface area contributed by atoms with Crippen LogP contribution in [-0.2, 0) is 14.4 Å². The molecule has 9 atom stereocenters. The molecule has 0 aromatic rings. The number of aliphatic hydroxyl groups is 3. The number of aliphatic hydroxyl groups excluding tert-OH is 1. The maximum absolute atomic E-state index is 14.3. The van der Waals surface area contributed by atoms with Crippen LogP contribution in [0.4, 0.5) is 0 Å². The van der Waals surface area contributed by atoms with Gasteiger partial charge in [-0.2, -0.15) is 0 Å². The third kappa shape index (κ3) is 3.48. The molecular weight excluding hydrogens is 496 g/mol. The number of carbonyl (C=O) groups is 3. The van der Waals surface area contributed by atoms with E-state index < -0.39 is 44.9 Å². The van der Waals surface area contributed by atoms with Gasteiger partial charge in [-0.1, -0.05) is 41.5 Å². The second-order valence-corrected chi connectivity index (χ2v) is 15.0. The molecule has 39 heavy (non-hydrogen) atoms. The predicted molar refractivity (Wildman–Crippen MR) is 146 cm³/mol. The van der Waals surface area contributed by atoms with Gasteiger partial charge in [0.25, 0.3) is 0 Å². The van der Waals surface area contributed by atoms with Crippen LogP contribution < -0.4 is 0 Å². The first-order chi connectivity index (χ1) is 17.8. The highest BCUT2D eigenvalue weighted by Crippen LogP contribution is 2.78. The maximum atomic E-state index is 14.3. The first-order valence-electron chi connectivity index (χ1n) is 14.7. The van der Waals surface area contributed by atoms with Gasteiger partial charge in [-0.3, -0.25) is 9.59 Å². The van der Waals surface area contributed by atoms with Gasteiger partial charge in [-0.05, 0) is 80.3 Å². The molecule has 7 nitrogen and oxygen atoms in total. The Morgan fingerprint density at radius 1 is 1.05 bits per heavy atom. The van der Waals surface area contributed by atoms with Crippen molar-refractivity contribution in [2.45, 2.75) is 117 Å². The number of carboxylic acid groups (broad SMARTS) is 1. The Labute approximate surface area is 231 Å². The minimum atomic E-state index is -1.26. The van der Waals surface area contributed by atoms with Crippen molar-refractivity contribution in [3.05, 3.63) is 22.8 Å². The summed E-state index contributed by atoms with van der Waals surface area (Å²) < 4.78 is 0. The quantitative estimate of drug-likeness (QED) is 0.379. The summed E-state index contributed by atoms with van der Waals surface area (Å²) in [7, 11) is 0. The van der Waals surface area contributed by atoms with E-state index in [1.54, 1.807) is 0 Å². The Hall–Kier alpha value is -1.83. The first kappa shape index (κ1) is 28.7. The van der Waals surface area contributed by atoms with E-state index in [1.165, 1.54) is 13.0 Å². The van der Waals surface area contributed by atoms with Crippen LogP contribution in [0.2, 0.25) is 0 Å². The summed E-state index contributed by atoms with van der Waals surface area (Å²) in [5.74, 6) is -1.24. The average Bonchev–Trinajstić information content (AvgIpc) is 3.00. The highest BCUT2D eigenvalue weighted by molar-refractivity contribution is 6.01. The lowest BCUT2D eigenvalue weighted by atomic mass is 9.37. The smallest absolute Gasteiger partial charge is 0.331 e. The molecule has 0 spiro atoms. The van der Waals surface area contributed by atoms with Crippen LogP contribution in [0.25, 0.3) is 0 Å². The number of rotatable bonds is 5. The van der Waals surface area contributed by atoms with Gasteiger partial charge >= 0.3 is 5.97 Å². The fourth-order valence-electron chi connectivity index (χ4n) is 10.5. The van der Waals surface area contributed by atoms with Gasteiger partial charge < -0.3 is 20.4 Å². The van der Waals surface area contributed by atoms with Gasteiger partial charge in [0.1, 0.15) is 5.78 Å². The zero-order valence-electron chi connectivity index (χ0n) is 24.6. The van der Waals surface area contributed by atoms with Crippen molar-refractivity contribution in [3.63, 3.8) is 0 Å². The third-order valence-electron chi connectivity index (χ3n) is 12.8. The van der Waals surface area contributed by atoms with E-state index in [0.717, 1.165) is 5.57 Å². The average molecular weight is 543 g/mol. The number of hydrogen-bond acceptors (Lipinski definition) is 6. The van der Waals surface area contributed by atoms with Crippen molar-refractivity contribution in [2.75, 3.05) is 0 Å². The molecule has 0 saturated heterocycles. The number of hydrogen-bond donors (Lipinski definition) is 4. The Morgan fingerprint density at radius 3 is 2.31 bits per heavy atom. The summed E-state index contributed by atoms with van der Waals surface area (Å²) >= 11 is 0. The molecule has 0 aromatic carbocycles. The molecule has 0 heterocycles. The fraction of sp³-hybridized carbons (Fsp3) is 0.781. The highest BCUT2D eigenvalue weighted by atomic mass is 16.4. The third-order valence-corrected chi connectivity index (χ3v) is 12.8. The number of ketones is 2. The molecule has 5 aliphatic rings. The molecule has 0 bridgehead atoms. The summed E-state index contributed by atoms with van der Waals surface area (Å²) in [5, 5.41) is 44.8. The lowest BCUT2D eigenvalue weighted by Crippen LogP contribution is -2.68. The first-order valence-corrected chi connectivity index (χ1v) is 14.7. The molecule has 4 N–H and O–H groups in total. The van der Waals surface area contributed by atoms with E-state index in [-0.39, 0.29) is 41.3 Å². The number of carbonyl (C=O) groups excluding carboxylic acids is 2. The SMILES string of the molecule is C/C(=C\[C@@H](O)C[C@@H](C)[C@H]1C[C@@]2(O)CC[C@@]3(O)C[C@@H]4C(C)(C)C(=O)CC[C@]4(C)C4=C3[C@@]2(C)[C@]1(C)CC4=O)C(=O)O. The van der Waals surface area contributed by atoms with E-state index in [0.29, 0.717) is 50.5 Å².